The number of carbonyl (C=O) groups is 5. The minimum atomic E-state index is -1.46. The molecule has 0 aromatic heterocycles. The number of nitrogens with one attached hydrogen (secondary N) is 4. The molecule has 184 valence electrons. The molecule has 7 N–H and O–H groups in total. The van der Waals surface area contributed by atoms with Crippen molar-refractivity contribution in [2.24, 2.45) is 0 Å². The molecule has 1 rings (SSSR count). The minimum Gasteiger partial charge on any atom is -0.481 e. The fourth-order valence-electron chi connectivity index (χ4n) is 2.51. The SMILES string of the molecule is CC.O=C(O)CCC(NC(=O)NC(CCCCNC(=O)Nc1ccccc1)C(=O)O)C(=O)O. The number of unbranched alkanes of at least 4 members (excludes halogenated alkanes) is 1. The first-order chi connectivity index (χ1) is 15.7. The van der Waals surface area contributed by atoms with Gasteiger partial charge in [-0.3, -0.25) is 4.79 Å². The number of carboxylic acids is 3. The van der Waals surface area contributed by atoms with Crippen LogP contribution in [0.15, 0.2) is 30.3 Å². The lowest BCUT2D eigenvalue weighted by Gasteiger charge is -2.18. The second-order valence-electron chi connectivity index (χ2n) is 6.57. The third-order valence-corrected chi connectivity index (χ3v) is 4.09. The fourth-order valence-corrected chi connectivity index (χ4v) is 2.51. The summed E-state index contributed by atoms with van der Waals surface area (Å²) in [6.07, 6.45) is 0.0600. The van der Waals surface area contributed by atoms with Crippen LogP contribution in [0.3, 0.4) is 0 Å². The molecule has 0 aliphatic rings. The molecule has 0 aliphatic heterocycles. The van der Waals surface area contributed by atoms with Crippen LogP contribution in [-0.4, -0.2) is 63.9 Å². The largest absolute Gasteiger partial charge is 0.481 e. The fraction of sp³-hybridized carbons (Fsp3) is 0.476. The molecule has 1 aromatic rings. The molecule has 0 saturated heterocycles. The maximum absolute atomic E-state index is 11.9. The molecule has 33 heavy (non-hydrogen) atoms. The summed E-state index contributed by atoms with van der Waals surface area (Å²) in [5, 5.41) is 36.4. The number of carbonyl (C=O) groups excluding carboxylic acids is 2. The van der Waals surface area contributed by atoms with E-state index in [4.69, 9.17) is 10.2 Å². The Hall–Kier alpha value is -3.83. The monoisotopic (exact) mass is 468 g/mol. The summed E-state index contributed by atoms with van der Waals surface area (Å²) in [7, 11) is 0. The maximum atomic E-state index is 11.9. The lowest BCUT2D eigenvalue weighted by atomic mass is 10.1. The number of para-hydroxylation sites is 1. The molecule has 0 radical (unpaired) electrons. The van der Waals surface area contributed by atoms with Gasteiger partial charge in [0.25, 0.3) is 0 Å². The Kier molecular flexibility index (Phi) is 14.9. The van der Waals surface area contributed by atoms with Crippen LogP contribution in [0.25, 0.3) is 0 Å². The molecule has 12 heteroatoms. The van der Waals surface area contributed by atoms with Crippen molar-refractivity contribution in [3.05, 3.63) is 30.3 Å². The van der Waals surface area contributed by atoms with Crippen LogP contribution in [0.2, 0.25) is 0 Å². The van der Waals surface area contributed by atoms with Gasteiger partial charge in [0.1, 0.15) is 12.1 Å². The number of hydrogen-bond acceptors (Lipinski definition) is 5. The van der Waals surface area contributed by atoms with Crippen molar-refractivity contribution < 1.29 is 39.3 Å². The van der Waals surface area contributed by atoms with E-state index in [0.717, 1.165) is 0 Å². The number of amides is 4. The summed E-state index contributed by atoms with van der Waals surface area (Å²) in [6, 6.07) is 4.66. The van der Waals surface area contributed by atoms with Crippen LogP contribution in [0.1, 0.15) is 46.0 Å². The van der Waals surface area contributed by atoms with Gasteiger partial charge in [-0.1, -0.05) is 32.0 Å². The Morgan fingerprint density at radius 3 is 1.85 bits per heavy atom. The smallest absolute Gasteiger partial charge is 0.326 e. The van der Waals surface area contributed by atoms with Crippen molar-refractivity contribution in [1.29, 1.82) is 0 Å². The van der Waals surface area contributed by atoms with Gasteiger partial charge in [0.15, 0.2) is 0 Å². The summed E-state index contributed by atoms with van der Waals surface area (Å²) in [6.45, 7) is 4.29. The Morgan fingerprint density at radius 2 is 1.33 bits per heavy atom. The van der Waals surface area contributed by atoms with Gasteiger partial charge in [0.2, 0.25) is 0 Å². The van der Waals surface area contributed by atoms with E-state index in [1.807, 2.05) is 19.9 Å². The van der Waals surface area contributed by atoms with Crippen molar-refractivity contribution in [1.82, 2.24) is 16.0 Å². The molecule has 0 saturated carbocycles. The van der Waals surface area contributed by atoms with E-state index < -0.39 is 48.5 Å². The molecule has 0 fully saturated rings. The average molecular weight is 469 g/mol. The van der Waals surface area contributed by atoms with Gasteiger partial charge >= 0.3 is 30.0 Å². The van der Waals surface area contributed by atoms with Gasteiger partial charge in [-0.15, -0.1) is 0 Å². The quantitative estimate of drug-likeness (QED) is 0.214. The predicted octanol–water partition coefficient (Wildman–Crippen LogP) is 2.07. The lowest BCUT2D eigenvalue weighted by Crippen LogP contribution is -2.51. The van der Waals surface area contributed by atoms with Crippen molar-refractivity contribution in [3.63, 3.8) is 0 Å². The van der Waals surface area contributed by atoms with Gasteiger partial charge in [-0.05, 0) is 37.8 Å². The maximum Gasteiger partial charge on any atom is 0.326 e. The van der Waals surface area contributed by atoms with Crippen LogP contribution in [-0.2, 0) is 14.4 Å². The number of carboxylic acid groups (broad SMARTS) is 3. The highest BCUT2D eigenvalue weighted by molar-refractivity contribution is 5.89. The van der Waals surface area contributed by atoms with Gasteiger partial charge in [-0.25, -0.2) is 19.2 Å². The van der Waals surface area contributed by atoms with Crippen molar-refractivity contribution in [2.75, 3.05) is 11.9 Å². The van der Waals surface area contributed by atoms with Gasteiger partial charge in [0.05, 0.1) is 0 Å². The van der Waals surface area contributed by atoms with Gasteiger partial charge < -0.3 is 36.6 Å². The standard InChI is InChI=1S/C19H26N4O8.C2H6/c24-15(25)10-9-14(17(28)29)23-19(31)22-13(16(26)27)8-4-5-11-20-18(30)21-12-6-2-1-3-7-12;1-2/h1-3,6-7,13-14H,4-5,8-11H2,(H,24,25)(H,26,27)(H,28,29)(H2,20,21,30)(H2,22,23,31);1-2H3. The Bertz CT molecular complexity index is 773. The Balaban J connectivity index is 0.00000497. The highest BCUT2D eigenvalue weighted by Crippen LogP contribution is 2.05. The first-order valence-corrected chi connectivity index (χ1v) is 10.5. The second kappa shape index (κ2) is 16.8. The van der Waals surface area contributed by atoms with Crippen LogP contribution < -0.4 is 21.3 Å². The van der Waals surface area contributed by atoms with Gasteiger partial charge in [0, 0.05) is 18.7 Å². The lowest BCUT2D eigenvalue weighted by molar-refractivity contribution is -0.140. The van der Waals surface area contributed by atoms with E-state index in [0.29, 0.717) is 18.5 Å². The summed E-state index contributed by atoms with van der Waals surface area (Å²) in [4.78, 5) is 56.6. The zero-order chi connectivity index (χ0) is 25.2. The second-order valence-corrected chi connectivity index (χ2v) is 6.57. The Morgan fingerprint density at radius 1 is 0.788 bits per heavy atom. The van der Waals surface area contributed by atoms with Crippen molar-refractivity contribution >= 4 is 35.7 Å². The molecule has 0 bridgehead atoms. The van der Waals surface area contributed by atoms with Crippen molar-refractivity contribution in [3.8, 4) is 0 Å². The normalized spacial score (nSPS) is 11.6. The molecular weight excluding hydrogens is 436 g/mol. The number of benzene rings is 1. The zero-order valence-electron chi connectivity index (χ0n) is 18.7. The van der Waals surface area contributed by atoms with Crippen LogP contribution in [0.5, 0.6) is 0 Å². The molecular formula is C21H32N4O8. The molecule has 1 aromatic carbocycles. The number of rotatable bonds is 13. The molecule has 0 aliphatic carbocycles. The highest BCUT2D eigenvalue weighted by Gasteiger charge is 2.24. The summed E-state index contributed by atoms with van der Waals surface area (Å²) in [5.41, 5.74) is 0.629. The van der Waals surface area contributed by atoms with E-state index in [1.165, 1.54) is 0 Å². The van der Waals surface area contributed by atoms with E-state index >= 15 is 0 Å². The van der Waals surface area contributed by atoms with E-state index in [9.17, 15) is 29.1 Å². The number of hydrogen-bond donors (Lipinski definition) is 7. The van der Waals surface area contributed by atoms with E-state index in [1.54, 1.807) is 24.3 Å². The third kappa shape index (κ3) is 14.0. The Labute approximate surface area is 191 Å². The minimum absolute atomic E-state index is 0.0532. The van der Waals surface area contributed by atoms with Crippen LogP contribution in [0, 0.1) is 0 Å². The molecule has 0 spiro atoms. The number of urea groups is 2. The van der Waals surface area contributed by atoms with E-state index in [-0.39, 0.29) is 19.4 Å². The number of aliphatic carboxylic acids is 3. The summed E-state index contributed by atoms with van der Waals surface area (Å²) >= 11 is 0. The highest BCUT2D eigenvalue weighted by atomic mass is 16.4. The molecule has 12 nitrogen and oxygen atoms in total. The van der Waals surface area contributed by atoms with Crippen LogP contribution >= 0.6 is 0 Å². The molecule has 2 unspecified atom stereocenters. The first kappa shape index (κ1) is 29.2. The van der Waals surface area contributed by atoms with Crippen molar-refractivity contribution in [2.45, 2.75) is 58.0 Å². The molecule has 4 amide bonds. The predicted molar refractivity (Wildman–Crippen MR) is 120 cm³/mol. The summed E-state index contributed by atoms with van der Waals surface area (Å²) in [5.74, 6) is -3.95. The first-order valence-electron chi connectivity index (χ1n) is 10.5. The van der Waals surface area contributed by atoms with Gasteiger partial charge in [-0.2, -0.15) is 0 Å². The number of anilines is 1. The molecule has 0 heterocycles. The topological polar surface area (TPSA) is 194 Å². The molecule has 2 atom stereocenters. The van der Waals surface area contributed by atoms with E-state index in [2.05, 4.69) is 21.3 Å². The average Bonchev–Trinajstić information content (AvgIpc) is 2.77. The zero-order valence-corrected chi connectivity index (χ0v) is 18.7. The third-order valence-electron chi connectivity index (χ3n) is 4.09. The summed E-state index contributed by atoms with van der Waals surface area (Å²) < 4.78 is 0. The van der Waals surface area contributed by atoms with Crippen LogP contribution in [0.4, 0.5) is 15.3 Å².